The maximum Gasteiger partial charge on any atom is 0.228 e. The van der Waals surface area contributed by atoms with Gasteiger partial charge in [0.05, 0.1) is 0 Å². The van der Waals surface area contributed by atoms with Crippen molar-refractivity contribution in [3.05, 3.63) is 46.3 Å². The van der Waals surface area contributed by atoms with Crippen LogP contribution in [0.25, 0.3) is 0 Å². The van der Waals surface area contributed by atoms with Gasteiger partial charge in [0, 0.05) is 41.6 Å². The number of nitrogens with one attached hydrogen (secondary N) is 1. The van der Waals surface area contributed by atoms with Crippen molar-refractivity contribution in [1.29, 1.82) is 0 Å². The molecule has 5 aliphatic carbocycles. The minimum absolute atomic E-state index is 0.0213. The van der Waals surface area contributed by atoms with Crippen molar-refractivity contribution in [2.45, 2.75) is 112 Å². The van der Waals surface area contributed by atoms with E-state index in [2.05, 4.69) is 70.8 Å². The van der Waals surface area contributed by atoms with Crippen molar-refractivity contribution in [3.8, 4) is 0 Å². The maximum absolute atomic E-state index is 14.2. The third-order valence-electron chi connectivity index (χ3n) is 13.2. The lowest BCUT2D eigenvalue weighted by molar-refractivity contribution is -0.175. The van der Waals surface area contributed by atoms with Gasteiger partial charge >= 0.3 is 0 Å². The number of allylic oxidation sites excluding steroid dienone is 7. The van der Waals surface area contributed by atoms with Crippen LogP contribution in [-0.2, 0) is 9.59 Å². The Bertz CT molecular complexity index is 1300. The van der Waals surface area contributed by atoms with Crippen LogP contribution in [0.4, 0.5) is 0 Å². The molecular weight excluding hydrogens is 496 g/mol. The molecule has 0 aromatic heterocycles. The summed E-state index contributed by atoms with van der Waals surface area (Å²) in [5.41, 5.74) is 4.01. The van der Waals surface area contributed by atoms with E-state index in [0.717, 1.165) is 62.8 Å². The maximum atomic E-state index is 14.2. The Morgan fingerprint density at radius 1 is 0.950 bits per heavy atom. The first-order chi connectivity index (χ1) is 18.6. The molecule has 1 saturated heterocycles. The lowest BCUT2D eigenvalue weighted by Crippen LogP contribution is -2.64. The molecule has 0 aromatic rings. The summed E-state index contributed by atoms with van der Waals surface area (Å²) in [6.45, 7) is 20.0. The molecule has 0 bridgehead atoms. The van der Waals surface area contributed by atoms with E-state index in [1.54, 1.807) is 6.08 Å². The average Bonchev–Trinajstić information content (AvgIpc) is 2.89. The summed E-state index contributed by atoms with van der Waals surface area (Å²) >= 11 is 0. The zero-order valence-electron chi connectivity index (χ0n) is 26.0. The van der Waals surface area contributed by atoms with Crippen LogP contribution in [0.5, 0.6) is 0 Å². The van der Waals surface area contributed by atoms with Crippen LogP contribution in [0.15, 0.2) is 46.3 Å². The largest absolute Gasteiger partial charge is 0.504 e. The van der Waals surface area contributed by atoms with E-state index >= 15 is 0 Å². The Morgan fingerprint density at radius 3 is 2.27 bits per heavy atom. The highest BCUT2D eigenvalue weighted by Crippen LogP contribution is 2.75. The molecule has 8 atom stereocenters. The number of aliphatic hydroxyl groups excluding tert-OH is 1. The standard InChI is InChI=1S/C35H50N2O3/c1-21-19-37(20-22(2)36-21)30(40)32(5)12-11-31(4)13-15-34(7)27-10-9-24-23(3)29(39)26(38)17-25(24)33(27,6)14-16-35(34,8)28(31)18-32/h9-10,17,21-22,28,36,39H,11-16,18-20H2,1-8H3/t21?,22?,28-,31-,32-,33+,34-,35+/m1/s1. The van der Waals surface area contributed by atoms with Gasteiger partial charge in [-0.1, -0.05) is 52.3 Å². The van der Waals surface area contributed by atoms with Gasteiger partial charge in [-0.25, -0.2) is 0 Å². The summed E-state index contributed by atoms with van der Waals surface area (Å²) in [5, 5.41) is 14.0. The van der Waals surface area contributed by atoms with E-state index in [0.29, 0.717) is 29.5 Å². The second-order valence-electron chi connectivity index (χ2n) is 15.8. The minimum atomic E-state index is -0.325. The summed E-state index contributed by atoms with van der Waals surface area (Å²) in [7, 11) is 0. The molecule has 6 rings (SSSR count). The van der Waals surface area contributed by atoms with Crippen molar-refractivity contribution >= 4 is 11.7 Å². The number of nitrogens with zero attached hydrogens (tertiary/aromatic N) is 1. The Morgan fingerprint density at radius 2 is 1.60 bits per heavy atom. The smallest absolute Gasteiger partial charge is 0.228 e. The van der Waals surface area contributed by atoms with Crippen LogP contribution in [-0.4, -0.2) is 46.9 Å². The zero-order chi connectivity index (χ0) is 29.0. The van der Waals surface area contributed by atoms with Crippen LogP contribution in [0.3, 0.4) is 0 Å². The van der Waals surface area contributed by atoms with Gasteiger partial charge in [-0.05, 0) is 105 Å². The van der Waals surface area contributed by atoms with Crippen LogP contribution in [0.1, 0.15) is 100 Å². The van der Waals surface area contributed by atoms with Crippen LogP contribution in [0, 0.1) is 33.0 Å². The molecule has 0 radical (unpaired) electrons. The molecule has 5 nitrogen and oxygen atoms in total. The summed E-state index contributed by atoms with van der Waals surface area (Å²) in [4.78, 5) is 29.2. The Balaban J connectivity index is 1.38. The molecule has 40 heavy (non-hydrogen) atoms. The molecule has 5 heteroatoms. The second kappa shape index (κ2) is 8.69. The number of ketones is 1. The summed E-state index contributed by atoms with van der Waals surface area (Å²) in [6.07, 6.45) is 13.7. The van der Waals surface area contributed by atoms with E-state index in [-0.39, 0.29) is 38.6 Å². The monoisotopic (exact) mass is 546 g/mol. The van der Waals surface area contributed by atoms with Crippen LogP contribution >= 0.6 is 0 Å². The number of hydrogen-bond acceptors (Lipinski definition) is 4. The van der Waals surface area contributed by atoms with Crippen molar-refractivity contribution in [1.82, 2.24) is 10.2 Å². The normalized spacial score (nSPS) is 46.8. The first kappa shape index (κ1) is 28.0. The van der Waals surface area contributed by atoms with E-state index in [4.69, 9.17) is 0 Å². The van der Waals surface area contributed by atoms with Gasteiger partial charge in [-0.15, -0.1) is 0 Å². The molecule has 2 N–H and O–H groups in total. The number of carbonyl (C=O) groups excluding carboxylic acids is 2. The number of piperazine rings is 1. The average molecular weight is 547 g/mol. The number of aliphatic hydroxyl groups is 1. The van der Waals surface area contributed by atoms with Gasteiger partial charge in [-0.2, -0.15) is 0 Å². The number of amides is 1. The molecule has 1 heterocycles. The fraction of sp³-hybridized carbons (Fsp3) is 0.714. The lowest BCUT2D eigenvalue weighted by atomic mass is 9.34. The van der Waals surface area contributed by atoms with E-state index < -0.39 is 0 Å². The van der Waals surface area contributed by atoms with Crippen molar-refractivity contribution in [2.24, 2.45) is 33.0 Å². The van der Waals surface area contributed by atoms with E-state index in [1.165, 1.54) is 12.0 Å². The Kier molecular flexibility index (Phi) is 6.08. The molecule has 6 aliphatic rings. The van der Waals surface area contributed by atoms with Crippen molar-refractivity contribution in [2.75, 3.05) is 13.1 Å². The molecule has 2 unspecified atom stereocenters. The fourth-order valence-corrected chi connectivity index (χ4v) is 10.5. The molecule has 3 saturated carbocycles. The van der Waals surface area contributed by atoms with Gasteiger partial charge in [0.15, 0.2) is 5.76 Å². The van der Waals surface area contributed by atoms with Gasteiger partial charge < -0.3 is 15.3 Å². The highest BCUT2D eigenvalue weighted by molar-refractivity contribution is 6.06. The highest BCUT2D eigenvalue weighted by Gasteiger charge is 2.67. The highest BCUT2D eigenvalue weighted by atomic mass is 16.3. The summed E-state index contributed by atoms with van der Waals surface area (Å²) in [6, 6.07) is 0.656. The SMILES string of the molecule is CC1=C(O)C(=O)C=C2C1=CC=C1[C@@]2(C)CC[C@@]2(C)[C@@H]3C[C@](C)(C(=O)N4CC(C)NC(C)C4)CC[C@]3(C)CC[C@]12C. The number of rotatable bonds is 1. The van der Waals surface area contributed by atoms with Gasteiger partial charge in [0.25, 0.3) is 0 Å². The summed E-state index contributed by atoms with van der Waals surface area (Å²) < 4.78 is 0. The van der Waals surface area contributed by atoms with Gasteiger partial charge in [0.2, 0.25) is 11.7 Å². The molecule has 1 aliphatic heterocycles. The molecule has 218 valence electrons. The molecule has 1 amide bonds. The lowest BCUT2D eigenvalue weighted by Gasteiger charge is -2.70. The third-order valence-corrected chi connectivity index (χ3v) is 13.2. The first-order valence-corrected chi connectivity index (χ1v) is 15.7. The third kappa shape index (κ3) is 3.61. The molecule has 4 fully saturated rings. The van der Waals surface area contributed by atoms with Gasteiger partial charge in [0.1, 0.15) is 0 Å². The van der Waals surface area contributed by atoms with Gasteiger partial charge in [-0.3, -0.25) is 9.59 Å². The number of fused-ring (bicyclic) bond motifs is 7. The van der Waals surface area contributed by atoms with Crippen LogP contribution in [0.2, 0.25) is 0 Å². The Labute approximate surface area is 241 Å². The zero-order valence-corrected chi connectivity index (χ0v) is 26.0. The second-order valence-corrected chi connectivity index (χ2v) is 15.8. The van der Waals surface area contributed by atoms with Crippen molar-refractivity contribution < 1.29 is 14.7 Å². The number of carbonyl (C=O) groups is 2. The number of hydrogen-bond donors (Lipinski definition) is 2. The fourth-order valence-electron chi connectivity index (χ4n) is 10.5. The topological polar surface area (TPSA) is 69.6 Å². The first-order valence-electron chi connectivity index (χ1n) is 15.7. The Hall–Kier alpha value is -2.14. The van der Waals surface area contributed by atoms with E-state index in [9.17, 15) is 14.7 Å². The molecule has 0 aromatic carbocycles. The molecular formula is C35H50N2O3. The quantitative estimate of drug-likeness (QED) is 0.379. The van der Waals surface area contributed by atoms with E-state index in [1.807, 2.05) is 6.92 Å². The molecule has 0 spiro atoms. The minimum Gasteiger partial charge on any atom is -0.504 e. The van der Waals surface area contributed by atoms with Crippen molar-refractivity contribution in [3.63, 3.8) is 0 Å². The predicted molar refractivity (Wildman–Crippen MR) is 160 cm³/mol. The van der Waals surface area contributed by atoms with Crippen LogP contribution < -0.4 is 5.32 Å². The summed E-state index contributed by atoms with van der Waals surface area (Å²) in [5.74, 6) is 0.446. The predicted octanol–water partition coefficient (Wildman–Crippen LogP) is 6.82.